The summed E-state index contributed by atoms with van der Waals surface area (Å²) in [5.41, 5.74) is 0. The van der Waals surface area contributed by atoms with Crippen molar-refractivity contribution in [1.82, 2.24) is 12.3 Å². The van der Waals surface area contributed by atoms with Gasteiger partial charge in [-0.25, -0.2) is 0 Å². The van der Waals surface area contributed by atoms with Gasteiger partial charge in [-0.2, -0.15) is 0 Å². The first-order valence-electron chi connectivity index (χ1n) is 5.41. The first kappa shape index (κ1) is 29.7. The Morgan fingerprint density at radius 2 is 0.667 bits per heavy atom. The third-order valence-electron chi connectivity index (χ3n) is 2.21. The van der Waals surface area contributed by atoms with Crippen molar-refractivity contribution < 1.29 is 0 Å². The molecule has 0 unspecified atom stereocenters. The number of rotatable bonds is 8. The minimum atomic E-state index is 0. The van der Waals surface area contributed by atoms with E-state index in [4.69, 9.17) is 0 Å². The molecule has 0 rings (SSSR count). The highest BCUT2D eigenvalue weighted by Gasteiger charge is 1.88. The fraction of sp³-hybridized carbons (Fsp3) is 1.00. The van der Waals surface area contributed by atoms with Crippen LogP contribution in [0.1, 0.15) is 71.6 Å². The Balaban J connectivity index is -0.0000000833. The lowest BCUT2D eigenvalue weighted by molar-refractivity contribution is 0.572. The molecular weight excluding hydrogens is 320 g/mol. The molecule has 0 fully saturated rings. The summed E-state index contributed by atoms with van der Waals surface area (Å²) < 4.78 is 0. The van der Waals surface area contributed by atoms with Gasteiger partial charge in [0, 0.05) is 0 Å². The topological polar surface area (TPSA) is 70.0 Å². The van der Waals surface area contributed by atoms with E-state index in [2.05, 4.69) is 13.8 Å². The van der Waals surface area contributed by atoms with E-state index in [0.29, 0.717) is 0 Å². The van der Waals surface area contributed by atoms with Crippen molar-refractivity contribution in [3.8, 4) is 0 Å². The van der Waals surface area contributed by atoms with Crippen molar-refractivity contribution in [2.24, 2.45) is 0 Å². The molecule has 0 spiro atoms. The van der Waals surface area contributed by atoms with Crippen LogP contribution < -0.4 is 12.3 Å². The van der Waals surface area contributed by atoms with Crippen molar-refractivity contribution in [2.45, 2.75) is 71.6 Å². The zero-order valence-corrected chi connectivity index (χ0v) is 14.0. The molecule has 0 radical (unpaired) electrons. The van der Waals surface area contributed by atoms with Gasteiger partial charge < -0.3 is 12.3 Å². The average Bonchev–Trinajstić information content (AvgIpc) is 2.03. The molecule has 4 heteroatoms. The van der Waals surface area contributed by atoms with Crippen LogP contribution in [0.3, 0.4) is 0 Å². The van der Waals surface area contributed by atoms with Gasteiger partial charge in [-0.05, 0) is 0 Å². The molecule has 15 heavy (non-hydrogen) atoms. The Bertz CT molecular complexity index is 65.6. The van der Waals surface area contributed by atoms with Crippen LogP contribution in [0.2, 0.25) is 0 Å². The highest BCUT2D eigenvalue weighted by Crippen LogP contribution is 2.08. The zero-order valence-electron chi connectivity index (χ0n) is 10.6. The van der Waals surface area contributed by atoms with Crippen LogP contribution in [0.25, 0.3) is 0 Å². The van der Waals surface area contributed by atoms with Crippen LogP contribution >= 0.6 is 34.0 Å². The van der Waals surface area contributed by atoms with Gasteiger partial charge in [0.1, 0.15) is 0 Å². The van der Waals surface area contributed by atoms with Crippen molar-refractivity contribution in [2.75, 3.05) is 0 Å². The molecule has 100 valence electrons. The largest absolute Gasteiger partial charge is 0.344 e. The molecule has 0 aromatic heterocycles. The smallest absolute Gasteiger partial charge is 0.0533 e. The van der Waals surface area contributed by atoms with Crippen molar-refractivity contribution >= 4 is 34.0 Å². The second kappa shape index (κ2) is 29.4. The predicted molar refractivity (Wildman–Crippen MR) is 83.6 cm³/mol. The van der Waals surface area contributed by atoms with E-state index in [9.17, 15) is 0 Å². The lowest BCUT2D eigenvalue weighted by Gasteiger charge is -1.98. The molecular formula is C11H32Br2N2. The van der Waals surface area contributed by atoms with Crippen LogP contribution in [0.5, 0.6) is 0 Å². The molecule has 0 saturated carbocycles. The van der Waals surface area contributed by atoms with E-state index in [1.54, 1.807) is 0 Å². The molecule has 0 aliphatic heterocycles. The van der Waals surface area contributed by atoms with Gasteiger partial charge in [0.2, 0.25) is 0 Å². The Morgan fingerprint density at radius 3 is 0.867 bits per heavy atom. The van der Waals surface area contributed by atoms with E-state index >= 15 is 0 Å². The minimum absolute atomic E-state index is 0. The monoisotopic (exact) mass is 350 g/mol. The highest BCUT2D eigenvalue weighted by molar-refractivity contribution is 8.93. The molecule has 0 aliphatic rings. The zero-order chi connectivity index (χ0) is 8.36. The molecule has 0 aromatic carbocycles. The molecule has 0 amide bonds. The second-order valence-electron chi connectivity index (χ2n) is 3.47. The summed E-state index contributed by atoms with van der Waals surface area (Å²) in [6.45, 7) is 4.55. The maximum Gasteiger partial charge on any atom is -0.0533 e. The predicted octanol–water partition coefficient (Wildman–Crippen LogP) is 6.02. The Hall–Kier alpha value is 0.880. The maximum atomic E-state index is 2.27. The van der Waals surface area contributed by atoms with Crippen LogP contribution in [0.15, 0.2) is 0 Å². The van der Waals surface area contributed by atoms with E-state index < -0.39 is 0 Å². The van der Waals surface area contributed by atoms with Crippen molar-refractivity contribution in [3.05, 3.63) is 0 Å². The van der Waals surface area contributed by atoms with Crippen molar-refractivity contribution in [1.29, 1.82) is 0 Å². The fourth-order valence-corrected chi connectivity index (χ4v) is 1.38. The van der Waals surface area contributed by atoms with E-state index in [0.717, 1.165) is 0 Å². The fourth-order valence-electron chi connectivity index (χ4n) is 1.38. The normalized spacial score (nSPS) is 7.60. The quantitative estimate of drug-likeness (QED) is 0.525. The molecule has 6 N–H and O–H groups in total. The SMILES string of the molecule is Br.Br.CCCCCCCCCCC.N.N. The first-order valence-corrected chi connectivity index (χ1v) is 5.41. The van der Waals surface area contributed by atoms with Crippen LogP contribution in [0, 0.1) is 0 Å². The number of unbranched alkanes of at least 4 members (excludes halogenated alkanes) is 8. The maximum absolute atomic E-state index is 2.27. The Labute approximate surface area is 118 Å². The molecule has 0 bridgehead atoms. The summed E-state index contributed by atoms with van der Waals surface area (Å²) in [6.07, 6.45) is 13.0. The third-order valence-corrected chi connectivity index (χ3v) is 2.21. The standard InChI is InChI=1S/C11H24.2BrH.2H3N/c1-3-5-7-9-11-10-8-6-4-2;;;;/h3-11H2,1-2H3;2*1H;2*1H3. The van der Waals surface area contributed by atoms with Gasteiger partial charge >= 0.3 is 0 Å². The van der Waals surface area contributed by atoms with Gasteiger partial charge in [-0.3, -0.25) is 0 Å². The average molecular weight is 352 g/mol. The van der Waals surface area contributed by atoms with Crippen LogP contribution in [-0.2, 0) is 0 Å². The van der Waals surface area contributed by atoms with Gasteiger partial charge in [0.25, 0.3) is 0 Å². The summed E-state index contributed by atoms with van der Waals surface area (Å²) in [6, 6.07) is 0. The van der Waals surface area contributed by atoms with E-state index in [1.807, 2.05) is 0 Å². The second-order valence-corrected chi connectivity index (χ2v) is 3.47. The Kier molecular flexibility index (Phi) is 58.2. The summed E-state index contributed by atoms with van der Waals surface area (Å²) in [5.74, 6) is 0. The van der Waals surface area contributed by atoms with E-state index in [1.165, 1.54) is 57.8 Å². The third kappa shape index (κ3) is 31.3. The van der Waals surface area contributed by atoms with Crippen molar-refractivity contribution in [3.63, 3.8) is 0 Å². The summed E-state index contributed by atoms with van der Waals surface area (Å²) in [5, 5.41) is 0. The lowest BCUT2D eigenvalue weighted by Crippen LogP contribution is -1.79. The number of hydrogen-bond donors (Lipinski definition) is 2. The minimum Gasteiger partial charge on any atom is -0.344 e. The van der Waals surface area contributed by atoms with Gasteiger partial charge in [-0.15, -0.1) is 34.0 Å². The molecule has 0 saturated heterocycles. The number of halogens is 2. The highest BCUT2D eigenvalue weighted by atomic mass is 79.9. The van der Waals surface area contributed by atoms with Crippen LogP contribution in [-0.4, -0.2) is 0 Å². The van der Waals surface area contributed by atoms with Gasteiger partial charge in [-0.1, -0.05) is 71.6 Å². The van der Waals surface area contributed by atoms with Crippen LogP contribution in [0.4, 0.5) is 0 Å². The molecule has 0 aliphatic carbocycles. The summed E-state index contributed by atoms with van der Waals surface area (Å²) in [4.78, 5) is 0. The molecule has 0 heterocycles. The summed E-state index contributed by atoms with van der Waals surface area (Å²) >= 11 is 0. The lowest BCUT2D eigenvalue weighted by atomic mass is 10.1. The van der Waals surface area contributed by atoms with Gasteiger partial charge in [0.15, 0.2) is 0 Å². The summed E-state index contributed by atoms with van der Waals surface area (Å²) in [7, 11) is 0. The number of hydrogen-bond acceptors (Lipinski definition) is 2. The van der Waals surface area contributed by atoms with Gasteiger partial charge in [0.05, 0.1) is 0 Å². The van der Waals surface area contributed by atoms with E-state index in [-0.39, 0.29) is 46.3 Å². The molecule has 0 aromatic rings. The molecule has 2 nitrogen and oxygen atoms in total. The molecule has 0 atom stereocenters. The Morgan fingerprint density at radius 1 is 0.467 bits per heavy atom. The first-order chi connectivity index (χ1) is 5.41.